The second-order valence-corrected chi connectivity index (χ2v) is 8.45. The van der Waals surface area contributed by atoms with Crippen molar-refractivity contribution in [2.75, 3.05) is 10.6 Å². The van der Waals surface area contributed by atoms with Gasteiger partial charge in [-0.2, -0.15) is 10.5 Å². The van der Waals surface area contributed by atoms with Gasteiger partial charge in [0.05, 0.1) is 28.3 Å². The van der Waals surface area contributed by atoms with Gasteiger partial charge in [0.15, 0.2) is 0 Å². The Morgan fingerprint density at radius 2 is 2.00 bits per heavy atom. The molecule has 10 heteroatoms. The molecule has 4 aromatic rings. The normalized spacial score (nSPS) is 15.7. The lowest BCUT2D eigenvalue weighted by Gasteiger charge is -2.16. The van der Waals surface area contributed by atoms with Crippen molar-refractivity contribution in [2.24, 2.45) is 0 Å². The number of H-pyrrole nitrogens is 1. The number of nitriles is 2. The lowest BCUT2D eigenvalue weighted by atomic mass is 10.0. The Labute approximate surface area is 191 Å². The molecule has 4 heterocycles. The SMILES string of the molecule is N#Cc1c(N)nc(SC2CC(=O)N(c3ccc4cc[nH]c4c3)C2=O)c(C#N)c1-c1ccco1. The highest BCUT2D eigenvalue weighted by Crippen LogP contribution is 2.40. The number of nitrogen functional groups attached to an aromatic ring is 1. The number of carbonyl (C=O) groups is 2. The number of nitrogens with zero attached hydrogens (tertiary/aromatic N) is 4. The highest BCUT2D eigenvalue weighted by molar-refractivity contribution is 8.00. The van der Waals surface area contributed by atoms with Crippen LogP contribution >= 0.6 is 11.8 Å². The zero-order valence-corrected chi connectivity index (χ0v) is 17.7. The van der Waals surface area contributed by atoms with Crippen molar-refractivity contribution in [2.45, 2.75) is 16.7 Å². The molecular formula is C23H14N6O3S. The van der Waals surface area contributed by atoms with Gasteiger partial charge in [0.1, 0.15) is 34.3 Å². The van der Waals surface area contributed by atoms with Gasteiger partial charge in [-0.3, -0.25) is 9.59 Å². The molecule has 3 aromatic heterocycles. The Bertz CT molecular complexity index is 1510. The van der Waals surface area contributed by atoms with Gasteiger partial charge < -0.3 is 15.1 Å². The highest BCUT2D eigenvalue weighted by atomic mass is 32.2. The van der Waals surface area contributed by atoms with E-state index >= 15 is 0 Å². The summed E-state index contributed by atoms with van der Waals surface area (Å²) in [6.45, 7) is 0. The maximum atomic E-state index is 13.2. The van der Waals surface area contributed by atoms with Crippen LogP contribution in [0.25, 0.3) is 22.2 Å². The first-order valence-corrected chi connectivity index (χ1v) is 10.7. The van der Waals surface area contributed by atoms with Crippen molar-refractivity contribution < 1.29 is 14.0 Å². The summed E-state index contributed by atoms with van der Waals surface area (Å²) in [4.78, 5) is 34.3. The summed E-state index contributed by atoms with van der Waals surface area (Å²) in [5, 5.41) is 19.7. The summed E-state index contributed by atoms with van der Waals surface area (Å²) in [6.07, 6.45) is 3.13. The summed E-state index contributed by atoms with van der Waals surface area (Å²) in [6, 6.07) is 14.4. The van der Waals surface area contributed by atoms with Crippen LogP contribution < -0.4 is 10.6 Å². The quantitative estimate of drug-likeness (QED) is 0.444. The average molecular weight is 454 g/mol. The van der Waals surface area contributed by atoms with Crippen LogP contribution in [0.15, 0.2) is 58.3 Å². The van der Waals surface area contributed by atoms with Crippen molar-refractivity contribution in [3.8, 4) is 23.5 Å². The second-order valence-electron chi connectivity index (χ2n) is 7.26. The minimum Gasteiger partial charge on any atom is -0.464 e. The first-order chi connectivity index (χ1) is 16.0. The third kappa shape index (κ3) is 3.30. The summed E-state index contributed by atoms with van der Waals surface area (Å²) in [5.41, 5.74) is 7.56. The number of carbonyl (C=O) groups excluding carboxylic acids is 2. The number of aromatic nitrogens is 2. The number of amides is 2. The van der Waals surface area contributed by atoms with E-state index in [9.17, 15) is 20.1 Å². The predicted octanol–water partition coefficient (Wildman–Crippen LogP) is 3.57. The molecule has 0 aliphatic carbocycles. The van der Waals surface area contributed by atoms with Gasteiger partial charge in [-0.15, -0.1) is 0 Å². The molecule has 0 radical (unpaired) electrons. The van der Waals surface area contributed by atoms with Gasteiger partial charge in [0, 0.05) is 18.1 Å². The lowest BCUT2D eigenvalue weighted by molar-refractivity contribution is -0.121. The Kier molecular flexibility index (Phi) is 4.85. The predicted molar refractivity (Wildman–Crippen MR) is 121 cm³/mol. The number of thioether (sulfide) groups is 1. The van der Waals surface area contributed by atoms with Crippen LogP contribution in [0.1, 0.15) is 17.5 Å². The van der Waals surface area contributed by atoms with Crippen molar-refractivity contribution >= 4 is 46.0 Å². The molecule has 1 aliphatic rings. The molecule has 1 atom stereocenters. The molecule has 0 saturated carbocycles. The van der Waals surface area contributed by atoms with E-state index < -0.39 is 11.2 Å². The van der Waals surface area contributed by atoms with Crippen molar-refractivity contribution in [1.82, 2.24) is 9.97 Å². The van der Waals surface area contributed by atoms with Gasteiger partial charge in [0.2, 0.25) is 11.8 Å². The van der Waals surface area contributed by atoms with Crippen LogP contribution in [0.3, 0.4) is 0 Å². The molecule has 1 saturated heterocycles. The number of aromatic amines is 1. The number of furan rings is 1. The molecule has 160 valence electrons. The van der Waals surface area contributed by atoms with Gasteiger partial charge in [0.25, 0.3) is 0 Å². The Hall–Kier alpha value is -4.54. The molecule has 3 N–H and O–H groups in total. The highest BCUT2D eigenvalue weighted by Gasteiger charge is 2.41. The monoisotopic (exact) mass is 454 g/mol. The number of anilines is 2. The average Bonchev–Trinajstić information content (AvgIpc) is 3.54. The van der Waals surface area contributed by atoms with Crippen LogP contribution in [-0.2, 0) is 9.59 Å². The number of nitrogens with one attached hydrogen (secondary N) is 1. The fourth-order valence-electron chi connectivity index (χ4n) is 3.83. The van der Waals surface area contributed by atoms with Gasteiger partial charge in [-0.25, -0.2) is 9.88 Å². The van der Waals surface area contributed by atoms with Crippen LogP contribution in [0.4, 0.5) is 11.5 Å². The molecule has 2 amide bonds. The number of fused-ring (bicyclic) bond motifs is 1. The number of benzene rings is 1. The third-order valence-electron chi connectivity index (χ3n) is 5.34. The zero-order chi connectivity index (χ0) is 23.1. The summed E-state index contributed by atoms with van der Waals surface area (Å²) in [5.74, 6) is -0.566. The number of imide groups is 1. The number of nitrogens with two attached hydrogens (primary N) is 1. The number of rotatable bonds is 4. The molecule has 0 bridgehead atoms. The first-order valence-electron chi connectivity index (χ1n) is 9.80. The van der Waals surface area contributed by atoms with Crippen molar-refractivity contribution in [3.05, 3.63) is 60.0 Å². The molecule has 5 rings (SSSR count). The Morgan fingerprint density at radius 3 is 2.73 bits per heavy atom. The minimum absolute atomic E-state index is 0.0144. The van der Waals surface area contributed by atoms with Crippen LogP contribution in [0.2, 0.25) is 0 Å². The largest absolute Gasteiger partial charge is 0.464 e. The number of hydrogen-bond donors (Lipinski definition) is 2. The number of hydrogen-bond acceptors (Lipinski definition) is 8. The summed E-state index contributed by atoms with van der Waals surface area (Å²) < 4.78 is 5.40. The van der Waals surface area contributed by atoms with Gasteiger partial charge in [-0.1, -0.05) is 17.8 Å². The molecule has 1 unspecified atom stereocenters. The molecular weight excluding hydrogens is 440 g/mol. The van der Waals surface area contributed by atoms with E-state index in [0.717, 1.165) is 27.6 Å². The van der Waals surface area contributed by atoms with Crippen LogP contribution in [-0.4, -0.2) is 27.0 Å². The maximum absolute atomic E-state index is 13.2. The van der Waals surface area contributed by atoms with Gasteiger partial charge in [-0.05, 0) is 35.7 Å². The summed E-state index contributed by atoms with van der Waals surface area (Å²) >= 11 is 0.978. The molecule has 0 spiro atoms. The van der Waals surface area contributed by atoms with Crippen molar-refractivity contribution in [3.63, 3.8) is 0 Å². The molecule has 1 aromatic carbocycles. The Balaban J connectivity index is 1.52. The minimum atomic E-state index is -0.798. The molecule has 33 heavy (non-hydrogen) atoms. The standard InChI is InChI=1S/C23H14N6O3S/c24-10-14-20(17-2-1-7-32-17)15(11-25)22(28-21(14)26)33-18-9-19(30)29(23(18)31)13-4-3-12-5-6-27-16(12)8-13/h1-8,18,27H,9H2,(H2,26,28). The van der Waals surface area contributed by atoms with Crippen molar-refractivity contribution in [1.29, 1.82) is 10.5 Å². The van der Waals surface area contributed by atoms with E-state index in [2.05, 4.69) is 16.0 Å². The maximum Gasteiger partial charge on any atom is 0.247 e. The molecule has 1 aliphatic heterocycles. The van der Waals surface area contributed by atoms with E-state index in [1.165, 1.54) is 6.26 Å². The fourth-order valence-corrected chi connectivity index (χ4v) is 4.95. The smallest absolute Gasteiger partial charge is 0.247 e. The zero-order valence-electron chi connectivity index (χ0n) is 16.9. The van der Waals surface area contributed by atoms with E-state index in [4.69, 9.17) is 10.2 Å². The molecule has 9 nitrogen and oxygen atoms in total. The van der Waals surface area contributed by atoms with E-state index in [1.807, 2.05) is 18.2 Å². The Morgan fingerprint density at radius 1 is 1.18 bits per heavy atom. The third-order valence-corrected chi connectivity index (χ3v) is 6.51. The number of pyridine rings is 1. The molecule has 1 fully saturated rings. The first kappa shape index (κ1) is 20.4. The van der Waals surface area contributed by atoms with E-state index in [-0.39, 0.29) is 45.6 Å². The van der Waals surface area contributed by atoms with Crippen LogP contribution in [0, 0.1) is 22.7 Å². The van der Waals surface area contributed by atoms with Gasteiger partial charge >= 0.3 is 0 Å². The summed E-state index contributed by atoms with van der Waals surface area (Å²) in [7, 11) is 0. The topological polar surface area (TPSA) is 153 Å². The fraction of sp³-hybridized carbons (Fsp3) is 0.0870. The lowest BCUT2D eigenvalue weighted by Crippen LogP contribution is -2.31. The second kappa shape index (κ2) is 7.86. The van der Waals surface area contributed by atoms with E-state index in [0.29, 0.717) is 5.69 Å². The van der Waals surface area contributed by atoms with E-state index in [1.54, 1.807) is 30.5 Å². The van der Waals surface area contributed by atoms with Crippen LogP contribution in [0.5, 0.6) is 0 Å².